The van der Waals surface area contributed by atoms with Crippen LogP contribution in [0.2, 0.25) is 0 Å². The van der Waals surface area contributed by atoms with Crippen molar-refractivity contribution in [2.75, 3.05) is 12.4 Å². The molecule has 5 heteroatoms. The molecule has 0 atom stereocenters. The number of amides is 1. The second-order valence-electron chi connectivity index (χ2n) is 6.27. The molecule has 1 amide bonds. The number of nitrogens with zero attached hydrogens (tertiary/aromatic N) is 1. The predicted octanol–water partition coefficient (Wildman–Crippen LogP) is 4.42. The maximum atomic E-state index is 12.5. The maximum absolute atomic E-state index is 12.5. The van der Waals surface area contributed by atoms with E-state index in [0.29, 0.717) is 11.4 Å². The van der Waals surface area contributed by atoms with Crippen LogP contribution in [0.15, 0.2) is 96.7 Å². The van der Waals surface area contributed by atoms with E-state index in [1.807, 2.05) is 66.7 Å². The van der Waals surface area contributed by atoms with Gasteiger partial charge in [0.1, 0.15) is 17.4 Å². The number of hydrogen-bond acceptors (Lipinski definition) is 4. The normalized spacial score (nSPS) is 10.9. The van der Waals surface area contributed by atoms with Crippen LogP contribution in [0, 0.1) is 11.3 Å². The molecule has 3 rings (SSSR count). The second kappa shape index (κ2) is 9.77. The van der Waals surface area contributed by atoms with Gasteiger partial charge in [-0.25, -0.2) is 0 Å². The summed E-state index contributed by atoms with van der Waals surface area (Å²) >= 11 is 0. The number of rotatable bonds is 7. The zero-order chi connectivity index (χ0) is 20.5. The van der Waals surface area contributed by atoms with Crippen LogP contribution in [-0.2, 0) is 4.79 Å². The number of benzene rings is 3. The van der Waals surface area contributed by atoms with Crippen molar-refractivity contribution in [3.8, 4) is 11.8 Å². The molecule has 0 aromatic heterocycles. The predicted molar refractivity (Wildman–Crippen MR) is 113 cm³/mol. The Morgan fingerprint density at radius 3 is 1.97 bits per heavy atom. The van der Waals surface area contributed by atoms with Crippen LogP contribution in [0.4, 0.5) is 5.69 Å². The molecule has 0 radical (unpaired) electrons. The van der Waals surface area contributed by atoms with Crippen molar-refractivity contribution in [1.82, 2.24) is 5.32 Å². The fourth-order valence-corrected chi connectivity index (χ4v) is 2.86. The first kappa shape index (κ1) is 19.7. The van der Waals surface area contributed by atoms with E-state index in [-0.39, 0.29) is 11.6 Å². The van der Waals surface area contributed by atoms with Gasteiger partial charge in [-0.2, -0.15) is 5.26 Å². The van der Waals surface area contributed by atoms with Gasteiger partial charge in [-0.05, 0) is 35.4 Å². The lowest BCUT2D eigenvalue weighted by atomic mass is 9.99. The molecule has 0 aliphatic rings. The third-order valence-corrected chi connectivity index (χ3v) is 4.37. The van der Waals surface area contributed by atoms with Crippen LogP contribution in [0.1, 0.15) is 17.2 Å². The van der Waals surface area contributed by atoms with E-state index in [1.54, 1.807) is 31.4 Å². The number of hydrogen-bond donors (Lipinski definition) is 2. The Bertz CT molecular complexity index is 968. The van der Waals surface area contributed by atoms with E-state index in [1.165, 1.54) is 6.20 Å². The molecule has 0 heterocycles. The molecule has 29 heavy (non-hydrogen) atoms. The van der Waals surface area contributed by atoms with E-state index in [9.17, 15) is 10.1 Å². The van der Waals surface area contributed by atoms with Crippen molar-refractivity contribution < 1.29 is 9.53 Å². The van der Waals surface area contributed by atoms with Gasteiger partial charge >= 0.3 is 0 Å². The molecule has 2 N–H and O–H groups in total. The van der Waals surface area contributed by atoms with Crippen LogP contribution in [0.25, 0.3) is 0 Å². The van der Waals surface area contributed by atoms with Crippen molar-refractivity contribution in [1.29, 1.82) is 5.26 Å². The lowest BCUT2D eigenvalue weighted by molar-refractivity contribution is -0.112. The molecular weight excluding hydrogens is 362 g/mol. The van der Waals surface area contributed by atoms with Gasteiger partial charge in [-0.15, -0.1) is 0 Å². The topological polar surface area (TPSA) is 74.1 Å². The van der Waals surface area contributed by atoms with Gasteiger partial charge in [-0.3, -0.25) is 4.79 Å². The Morgan fingerprint density at radius 1 is 0.931 bits per heavy atom. The average molecular weight is 383 g/mol. The summed E-state index contributed by atoms with van der Waals surface area (Å²) in [6.45, 7) is 0. The average Bonchev–Trinajstić information content (AvgIpc) is 2.78. The van der Waals surface area contributed by atoms with Gasteiger partial charge in [0.25, 0.3) is 5.91 Å². The monoisotopic (exact) mass is 383 g/mol. The lowest BCUT2D eigenvalue weighted by Gasteiger charge is -2.19. The van der Waals surface area contributed by atoms with Gasteiger partial charge in [0.05, 0.1) is 13.2 Å². The molecule has 0 saturated heterocycles. The van der Waals surface area contributed by atoms with Crippen LogP contribution in [0.5, 0.6) is 5.75 Å². The zero-order valence-electron chi connectivity index (χ0n) is 16.0. The number of ether oxygens (including phenoxy) is 1. The van der Waals surface area contributed by atoms with E-state index < -0.39 is 5.91 Å². The molecule has 0 bridgehead atoms. The van der Waals surface area contributed by atoms with Crippen LogP contribution in [-0.4, -0.2) is 13.0 Å². The highest BCUT2D eigenvalue weighted by Crippen LogP contribution is 2.22. The minimum absolute atomic E-state index is 0.0160. The first-order valence-corrected chi connectivity index (χ1v) is 9.13. The Hall–Kier alpha value is -4.04. The quantitative estimate of drug-likeness (QED) is 0.468. The highest BCUT2D eigenvalue weighted by Gasteiger charge is 2.14. The molecular formula is C24H21N3O2. The molecule has 0 saturated carbocycles. The number of carbonyl (C=O) groups is 1. The first-order valence-electron chi connectivity index (χ1n) is 9.13. The maximum Gasteiger partial charge on any atom is 0.267 e. The van der Waals surface area contributed by atoms with Crippen molar-refractivity contribution in [2.24, 2.45) is 0 Å². The number of anilines is 1. The standard InChI is InChI=1S/C24H21N3O2/c1-29-22-14-12-21(13-15-22)27-24(28)20(16-25)17-26-23(18-8-4-2-5-9-18)19-10-6-3-7-11-19/h2-15,17,23,26H,1H3,(H,27,28)/b20-17-. The van der Waals surface area contributed by atoms with Crippen LogP contribution < -0.4 is 15.4 Å². The van der Waals surface area contributed by atoms with Gasteiger partial charge in [0, 0.05) is 11.9 Å². The van der Waals surface area contributed by atoms with Gasteiger partial charge in [-0.1, -0.05) is 60.7 Å². The highest BCUT2D eigenvalue weighted by molar-refractivity contribution is 6.06. The summed E-state index contributed by atoms with van der Waals surface area (Å²) in [7, 11) is 1.58. The molecule has 0 spiro atoms. The van der Waals surface area contributed by atoms with Gasteiger partial charge in [0.2, 0.25) is 0 Å². The molecule has 0 aliphatic heterocycles. The molecule has 0 fully saturated rings. The van der Waals surface area contributed by atoms with Crippen molar-refractivity contribution in [3.63, 3.8) is 0 Å². The Morgan fingerprint density at radius 2 is 1.48 bits per heavy atom. The number of nitriles is 1. The summed E-state index contributed by atoms with van der Waals surface area (Å²) in [5, 5.41) is 15.4. The molecule has 3 aromatic rings. The summed E-state index contributed by atoms with van der Waals surface area (Å²) in [6, 6.07) is 28.4. The lowest BCUT2D eigenvalue weighted by Crippen LogP contribution is -2.21. The highest BCUT2D eigenvalue weighted by atomic mass is 16.5. The minimum atomic E-state index is -0.481. The van der Waals surface area contributed by atoms with Gasteiger partial charge < -0.3 is 15.4 Å². The van der Waals surface area contributed by atoms with E-state index in [0.717, 1.165) is 11.1 Å². The molecule has 0 aliphatic carbocycles. The number of nitrogens with one attached hydrogen (secondary N) is 2. The van der Waals surface area contributed by atoms with Gasteiger partial charge in [0.15, 0.2) is 0 Å². The summed E-state index contributed by atoms with van der Waals surface area (Å²) in [5.74, 6) is 0.208. The SMILES string of the molecule is COc1ccc(NC(=O)/C(C#N)=C\NC(c2ccccc2)c2ccccc2)cc1. The smallest absolute Gasteiger partial charge is 0.267 e. The Kier molecular flexibility index (Phi) is 6.64. The Labute approximate surface area is 170 Å². The van der Waals surface area contributed by atoms with E-state index in [4.69, 9.17) is 4.74 Å². The summed E-state index contributed by atoms with van der Waals surface area (Å²) in [5.41, 5.74) is 2.63. The molecule has 0 unspecified atom stereocenters. The van der Waals surface area contributed by atoms with Crippen molar-refractivity contribution in [2.45, 2.75) is 6.04 Å². The van der Waals surface area contributed by atoms with E-state index in [2.05, 4.69) is 10.6 Å². The summed E-state index contributed by atoms with van der Waals surface area (Å²) in [6.07, 6.45) is 1.46. The number of carbonyl (C=O) groups excluding carboxylic acids is 1. The summed E-state index contributed by atoms with van der Waals surface area (Å²) < 4.78 is 5.11. The fraction of sp³-hybridized carbons (Fsp3) is 0.0833. The zero-order valence-corrected chi connectivity index (χ0v) is 16.0. The van der Waals surface area contributed by atoms with Crippen molar-refractivity contribution >= 4 is 11.6 Å². The largest absolute Gasteiger partial charge is 0.497 e. The second-order valence-corrected chi connectivity index (χ2v) is 6.27. The van der Waals surface area contributed by atoms with Crippen LogP contribution in [0.3, 0.4) is 0 Å². The molecule has 3 aromatic carbocycles. The van der Waals surface area contributed by atoms with Crippen LogP contribution >= 0.6 is 0 Å². The third-order valence-electron chi connectivity index (χ3n) is 4.37. The summed E-state index contributed by atoms with van der Waals surface area (Å²) in [4.78, 5) is 12.5. The Balaban J connectivity index is 1.79. The fourth-order valence-electron chi connectivity index (χ4n) is 2.86. The minimum Gasteiger partial charge on any atom is -0.497 e. The molecule has 5 nitrogen and oxygen atoms in total. The van der Waals surface area contributed by atoms with E-state index >= 15 is 0 Å². The number of methoxy groups -OCH3 is 1. The molecule has 144 valence electrons. The first-order chi connectivity index (χ1) is 14.2. The van der Waals surface area contributed by atoms with Crippen molar-refractivity contribution in [3.05, 3.63) is 108 Å². The third kappa shape index (κ3) is 5.24.